The Hall–Kier alpha value is -0.250. The molecule has 0 spiro atoms. The maximum Gasteiger partial charge on any atom is 0.120 e. The van der Waals surface area contributed by atoms with Gasteiger partial charge in [0.1, 0.15) is 5.75 Å². The highest BCUT2D eigenvalue weighted by molar-refractivity contribution is 14.1. The number of halogens is 1. The summed E-state index contributed by atoms with van der Waals surface area (Å²) in [5.41, 5.74) is 0. The molecule has 1 unspecified atom stereocenters. The van der Waals surface area contributed by atoms with Gasteiger partial charge in [0.25, 0.3) is 0 Å². The fraction of sp³-hybridized carbons (Fsp3) is 0.455. The fourth-order valence-electron chi connectivity index (χ4n) is 0.891. The van der Waals surface area contributed by atoms with Crippen molar-refractivity contribution in [2.45, 2.75) is 26.9 Å². The highest BCUT2D eigenvalue weighted by Gasteiger charge is 2.08. The van der Waals surface area contributed by atoms with Crippen LogP contribution in [0.3, 0.4) is 0 Å². The minimum atomic E-state index is 0.276. The van der Waals surface area contributed by atoms with E-state index in [9.17, 15) is 0 Å². The predicted molar refractivity (Wildman–Crippen MR) is 64.1 cm³/mol. The van der Waals surface area contributed by atoms with Gasteiger partial charge in [-0.25, -0.2) is 0 Å². The first-order valence-corrected chi connectivity index (χ1v) is 5.59. The van der Waals surface area contributed by atoms with Crippen molar-refractivity contribution in [3.8, 4) is 5.75 Å². The number of rotatable bonds is 3. The Kier molecular flexibility index (Phi) is 4.03. The number of benzene rings is 1. The zero-order chi connectivity index (χ0) is 9.84. The van der Waals surface area contributed by atoms with Crippen molar-refractivity contribution >= 4 is 22.6 Å². The van der Waals surface area contributed by atoms with Crippen molar-refractivity contribution in [3.63, 3.8) is 0 Å². The van der Waals surface area contributed by atoms with Gasteiger partial charge in [-0.05, 0) is 53.6 Å². The van der Waals surface area contributed by atoms with E-state index >= 15 is 0 Å². The topological polar surface area (TPSA) is 9.23 Å². The molecule has 0 radical (unpaired) electrons. The minimum Gasteiger partial charge on any atom is -0.490 e. The van der Waals surface area contributed by atoms with Crippen molar-refractivity contribution in [1.29, 1.82) is 0 Å². The largest absolute Gasteiger partial charge is 0.490 e. The Morgan fingerprint density at radius 2 is 1.92 bits per heavy atom. The Bertz CT molecular complexity index is 271. The smallest absolute Gasteiger partial charge is 0.120 e. The summed E-state index contributed by atoms with van der Waals surface area (Å²) in [5.74, 6) is 1.52. The van der Waals surface area contributed by atoms with Crippen LogP contribution in [0.4, 0.5) is 0 Å². The van der Waals surface area contributed by atoms with Crippen molar-refractivity contribution < 1.29 is 4.74 Å². The maximum absolute atomic E-state index is 5.75. The van der Waals surface area contributed by atoms with Crippen LogP contribution in [0.2, 0.25) is 0 Å². The average Bonchev–Trinajstić information content (AvgIpc) is 2.04. The molecule has 1 atom stereocenters. The lowest BCUT2D eigenvalue weighted by Gasteiger charge is -2.17. The van der Waals surface area contributed by atoms with Crippen LogP contribution in [-0.4, -0.2) is 6.10 Å². The van der Waals surface area contributed by atoms with Gasteiger partial charge in [-0.1, -0.05) is 19.9 Å². The highest BCUT2D eigenvalue weighted by Crippen LogP contribution is 2.18. The van der Waals surface area contributed by atoms with Crippen LogP contribution >= 0.6 is 22.6 Å². The summed E-state index contributed by atoms with van der Waals surface area (Å²) >= 11 is 2.29. The molecule has 0 bridgehead atoms. The minimum absolute atomic E-state index is 0.276. The summed E-state index contributed by atoms with van der Waals surface area (Å²) in [5, 5.41) is 0. The Labute approximate surface area is 93.6 Å². The molecule has 0 aliphatic rings. The fourth-order valence-corrected chi connectivity index (χ4v) is 1.41. The molecule has 1 aromatic carbocycles. The molecule has 1 rings (SSSR count). The van der Waals surface area contributed by atoms with Gasteiger partial charge in [-0.3, -0.25) is 0 Å². The molecule has 0 heterocycles. The maximum atomic E-state index is 5.75. The molecule has 1 nitrogen and oxygen atoms in total. The van der Waals surface area contributed by atoms with Crippen LogP contribution in [0.25, 0.3) is 0 Å². The Morgan fingerprint density at radius 3 is 2.46 bits per heavy atom. The van der Waals surface area contributed by atoms with Gasteiger partial charge in [0.15, 0.2) is 0 Å². The molecule has 0 N–H and O–H groups in total. The van der Waals surface area contributed by atoms with Crippen molar-refractivity contribution in [1.82, 2.24) is 0 Å². The molecule has 0 amide bonds. The van der Waals surface area contributed by atoms with E-state index in [0.29, 0.717) is 5.92 Å². The van der Waals surface area contributed by atoms with Crippen molar-refractivity contribution in [2.24, 2.45) is 5.92 Å². The van der Waals surface area contributed by atoms with Crippen LogP contribution in [0.5, 0.6) is 5.75 Å². The lowest BCUT2D eigenvalue weighted by Crippen LogP contribution is -2.18. The first-order valence-electron chi connectivity index (χ1n) is 4.52. The van der Waals surface area contributed by atoms with Crippen LogP contribution in [-0.2, 0) is 0 Å². The van der Waals surface area contributed by atoms with Crippen LogP contribution < -0.4 is 4.74 Å². The van der Waals surface area contributed by atoms with Gasteiger partial charge >= 0.3 is 0 Å². The monoisotopic (exact) mass is 290 g/mol. The third kappa shape index (κ3) is 3.55. The quantitative estimate of drug-likeness (QED) is 0.771. The van der Waals surface area contributed by atoms with E-state index < -0.39 is 0 Å². The normalized spacial score (nSPS) is 13.0. The second-order valence-corrected chi connectivity index (χ2v) is 4.77. The summed E-state index contributed by atoms with van der Waals surface area (Å²) in [6.45, 7) is 6.43. The molecule has 0 saturated carbocycles. The summed E-state index contributed by atoms with van der Waals surface area (Å²) in [6.07, 6.45) is 0.276. The molecule has 0 saturated heterocycles. The second-order valence-electron chi connectivity index (χ2n) is 3.52. The average molecular weight is 290 g/mol. The zero-order valence-corrected chi connectivity index (χ0v) is 10.4. The molecule has 1 aromatic rings. The third-order valence-electron chi connectivity index (χ3n) is 2.06. The molecule has 0 fully saturated rings. The summed E-state index contributed by atoms with van der Waals surface area (Å²) < 4.78 is 6.97. The van der Waals surface area contributed by atoms with Crippen molar-refractivity contribution in [3.05, 3.63) is 27.8 Å². The second kappa shape index (κ2) is 4.84. The summed E-state index contributed by atoms with van der Waals surface area (Å²) in [4.78, 5) is 0. The number of hydrogen-bond acceptors (Lipinski definition) is 1. The van der Waals surface area contributed by atoms with E-state index in [1.165, 1.54) is 3.57 Å². The molecule has 0 aliphatic carbocycles. The van der Waals surface area contributed by atoms with Gasteiger partial charge in [-0.15, -0.1) is 0 Å². The van der Waals surface area contributed by atoms with Crippen LogP contribution in [0.1, 0.15) is 20.8 Å². The zero-order valence-electron chi connectivity index (χ0n) is 8.25. The van der Waals surface area contributed by atoms with E-state index in [4.69, 9.17) is 4.74 Å². The Balaban J connectivity index is 2.64. The lowest BCUT2D eigenvalue weighted by molar-refractivity contribution is 0.170. The van der Waals surface area contributed by atoms with Gasteiger partial charge in [0.2, 0.25) is 0 Å². The predicted octanol–water partition coefficient (Wildman–Crippen LogP) is 3.71. The molecular weight excluding hydrogens is 275 g/mol. The number of hydrogen-bond donors (Lipinski definition) is 0. The highest BCUT2D eigenvalue weighted by atomic mass is 127. The summed E-state index contributed by atoms with van der Waals surface area (Å²) in [7, 11) is 0. The molecule has 13 heavy (non-hydrogen) atoms. The first-order chi connectivity index (χ1) is 6.09. The lowest BCUT2D eigenvalue weighted by atomic mass is 10.1. The molecule has 2 heteroatoms. The van der Waals surface area contributed by atoms with E-state index in [2.05, 4.69) is 55.5 Å². The molecule has 0 aliphatic heterocycles. The van der Waals surface area contributed by atoms with E-state index in [-0.39, 0.29) is 6.10 Å². The van der Waals surface area contributed by atoms with Crippen LogP contribution in [0.15, 0.2) is 24.3 Å². The van der Waals surface area contributed by atoms with Gasteiger partial charge < -0.3 is 4.74 Å². The number of ether oxygens (including phenoxy) is 1. The molecular formula is C11H15IO. The van der Waals surface area contributed by atoms with E-state index in [1.54, 1.807) is 0 Å². The summed E-state index contributed by atoms with van der Waals surface area (Å²) in [6, 6.07) is 8.14. The first kappa shape index (κ1) is 10.8. The Morgan fingerprint density at radius 1 is 1.23 bits per heavy atom. The van der Waals surface area contributed by atoms with Gasteiger partial charge in [0.05, 0.1) is 6.10 Å². The van der Waals surface area contributed by atoms with Crippen LogP contribution in [0, 0.1) is 9.49 Å². The van der Waals surface area contributed by atoms with Crippen molar-refractivity contribution in [2.75, 3.05) is 0 Å². The van der Waals surface area contributed by atoms with E-state index in [1.807, 2.05) is 12.1 Å². The SMILES string of the molecule is CC(C)C(C)Oc1cccc(I)c1. The van der Waals surface area contributed by atoms with Gasteiger partial charge in [0, 0.05) is 3.57 Å². The third-order valence-corrected chi connectivity index (χ3v) is 2.73. The molecule has 0 aromatic heterocycles. The van der Waals surface area contributed by atoms with Gasteiger partial charge in [-0.2, -0.15) is 0 Å². The standard InChI is InChI=1S/C11H15IO/c1-8(2)9(3)13-11-6-4-5-10(12)7-11/h4-9H,1-3H3. The van der Waals surface area contributed by atoms with E-state index in [0.717, 1.165) is 5.75 Å². The molecule has 72 valence electrons.